The van der Waals surface area contributed by atoms with E-state index >= 15 is 0 Å². The quantitative estimate of drug-likeness (QED) is 0.791. The van der Waals surface area contributed by atoms with Gasteiger partial charge >= 0.3 is 0 Å². The van der Waals surface area contributed by atoms with Gasteiger partial charge in [-0.2, -0.15) is 0 Å². The molecule has 1 aromatic heterocycles. The van der Waals surface area contributed by atoms with Gasteiger partial charge in [-0.3, -0.25) is 4.98 Å². The number of hydrogen-bond donors (Lipinski definition) is 1. The summed E-state index contributed by atoms with van der Waals surface area (Å²) >= 11 is 0. The summed E-state index contributed by atoms with van der Waals surface area (Å²) in [6, 6.07) is 0. The van der Waals surface area contributed by atoms with E-state index < -0.39 is 0 Å². The van der Waals surface area contributed by atoms with E-state index in [1.165, 1.54) is 38.5 Å². The minimum absolute atomic E-state index is 0.916. The fraction of sp³-hybridized carbons (Fsp3) is 0.714. The maximum atomic E-state index is 4.47. The maximum Gasteiger partial charge on any atom is 0.144 e. The van der Waals surface area contributed by atoms with Gasteiger partial charge in [0.15, 0.2) is 0 Å². The molecule has 0 amide bonds. The highest BCUT2D eigenvalue weighted by molar-refractivity contribution is 5.32. The zero-order chi connectivity index (χ0) is 12.1. The molecule has 1 saturated carbocycles. The second kappa shape index (κ2) is 5.99. The van der Waals surface area contributed by atoms with Crippen LogP contribution in [-0.2, 0) is 0 Å². The maximum absolute atomic E-state index is 4.47. The second-order valence-electron chi connectivity index (χ2n) is 5.15. The van der Waals surface area contributed by atoms with Crippen molar-refractivity contribution in [3.05, 3.63) is 17.6 Å². The Hall–Kier alpha value is -1.12. The molecular formula is C14H23N3. The van der Waals surface area contributed by atoms with E-state index in [1.807, 2.05) is 20.0 Å². The molecule has 0 saturated heterocycles. The van der Waals surface area contributed by atoms with Gasteiger partial charge in [0, 0.05) is 6.54 Å². The largest absolute Gasteiger partial charge is 0.369 e. The van der Waals surface area contributed by atoms with Gasteiger partial charge in [0.1, 0.15) is 5.82 Å². The van der Waals surface area contributed by atoms with Gasteiger partial charge in [0.05, 0.1) is 17.6 Å². The Balaban J connectivity index is 1.68. The zero-order valence-corrected chi connectivity index (χ0v) is 11.0. The lowest BCUT2D eigenvalue weighted by atomic mass is 10.0. The highest BCUT2D eigenvalue weighted by Crippen LogP contribution is 2.28. The summed E-state index contributed by atoms with van der Waals surface area (Å²) in [7, 11) is 0. The molecular weight excluding hydrogens is 210 g/mol. The van der Waals surface area contributed by atoms with E-state index in [9.17, 15) is 0 Å². The topological polar surface area (TPSA) is 37.8 Å². The monoisotopic (exact) mass is 233 g/mol. The zero-order valence-electron chi connectivity index (χ0n) is 11.0. The summed E-state index contributed by atoms with van der Waals surface area (Å²) < 4.78 is 0. The van der Waals surface area contributed by atoms with Crippen molar-refractivity contribution >= 4 is 5.82 Å². The van der Waals surface area contributed by atoms with E-state index in [-0.39, 0.29) is 0 Å². The van der Waals surface area contributed by atoms with Crippen LogP contribution in [0.1, 0.15) is 49.9 Å². The lowest BCUT2D eigenvalue weighted by Crippen LogP contribution is -2.07. The standard InChI is InChI=1S/C14H23N3/c1-11-12(2)17-14(10-16-11)15-9-5-8-13-6-3-4-7-13/h10,13H,3-9H2,1-2H3,(H,15,17). The molecule has 1 fully saturated rings. The minimum Gasteiger partial charge on any atom is -0.369 e. The Labute approximate surface area is 104 Å². The van der Waals surface area contributed by atoms with Gasteiger partial charge < -0.3 is 5.32 Å². The van der Waals surface area contributed by atoms with Gasteiger partial charge in [0.25, 0.3) is 0 Å². The fourth-order valence-corrected chi connectivity index (χ4v) is 2.53. The van der Waals surface area contributed by atoms with E-state index in [0.717, 1.165) is 29.7 Å². The van der Waals surface area contributed by atoms with E-state index in [2.05, 4.69) is 15.3 Å². The van der Waals surface area contributed by atoms with Crippen molar-refractivity contribution in [3.8, 4) is 0 Å². The average Bonchev–Trinajstić information content (AvgIpc) is 2.82. The first-order chi connectivity index (χ1) is 8.25. The van der Waals surface area contributed by atoms with Crippen molar-refractivity contribution in [2.75, 3.05) is 11.9 Å². The van der Waals surface area contributed by atoms with Gasteiger partial charge in [0.2, 0.25) is 0 Å². The molecule has 94 valence electrons. The molecule has 0 spiro atoms. The molecule has 3 heteroatoms. The summed E-state index contributed by atoms with van der Waals surface area (Å²) in [5.74, 6) is 1.90. The number of nitrogens with one attached hydrogen (secondary N) is 1. The van der Waals surface area contributed by atoms with Crippen LogP contribution in [0.3, 0.4) is 0 Å². The molecule has 1 aliphatic rings. The van der Waals surface area contributed by atoms with E-state index in [4.69, 9.17) is 0 Å². The number of rotatable bonds is 5. The lowest BCUT2D eigenvalue weighted by Gasteiger charge is -2.10. The summed E-state index contributed by atoms with van der Waals surface area (Å²) in [5.41, 5.74) is 2.03. The summed E-state index contributed by atoms with van der Waals surface area (Å²) in [4.78, 5) is 8.78. The van der Waals surface area contributed by atoms with Crippen molar-refractivity contribution in [3.63, 3.8) is 0 Å². The molecule has 0 radical (unpaired) electrons. The summed E-state index contributed by atoms with van der Waals surface area (Å²) in [6.07, 6.45) is 10.2. The highest BCUT2D eigenvalue weighted by atomic mass is 15.0. The molecule has 0 atom stereocenters. The Morgan fingerprint density at radius 2 is 2.00 bits per heavy atom. The van der Waals surface area contributed by atoms with Crippen LogP contribution < -0.4 is 5.32 Å². The van der Waals surface area contributed by atoms with Crippen molar-refractivity contribution in [1.82, 2.24) is 9.97 Å². The van der Waals surface area contributed by atoms with Crippen LogP contribution in [0.5, 0.6) is 0 Å². The minimum atomic E-state index is 0.916. The molecule has 3 nitrogen and oxygen atoms in total. The lowest BCUT2D eigenvalue weighted by molar-refractivity contribution is 0.491. The van der Waals surface area contributed by atoms with Crippen molar-refractivity contribution < 1.29 is 0 Å². The predicted molar refractivity (Wildman–Crippen MR) is 71.2 cm³/mol. The normalized spacial score (nSPS) is 16.4. The Morgan fingerprint density at radius 3 is 2.71 bits per heavy atom. The number of anilines is 1. The van der Waals surface area contributed by atoms with Crippen molar-refractivity contribution in [2.24, 2.45) is 5.92 Å². The Bertz CT molecular complexity index is 356. The van der Waals surface area contributed by atoms with Gasteiger partial charge in [-0.15, -0.1) is 0 Å². The molecule has 1 N–H and O–H groups in total. The first-order valence-corrected chi connectivity index (χ1v) is 6.80. The van der Waals surface area contributed by atoms with Crippen molar-refractivity contribution in [2.45, 2.75) is 52.4 Å². The molecule has 0 aliphatic heterocycles. The van der Waals surface area contributed by atoms with Crippen LogP contribution in [0.2, 0.25) is 0 Å². The SMILES string of the molecule is Cc1ncc(NCCCC2CCCC2)nc1C. The van der Waals surface area contributed by atoms with Crippen LogP contribution in [0, 0.1) is 19.8 Å². The van der Waals surface area contributed by atoms with Gasteiger partial charge in [-0.25, -0.2) is 4.98 Å². The second-order valence-corrected chi connectivity index (χ2v) is 5.15. The third-order valence-electron chi connectivity index (χ3n) is 3.76. The number of hydrogen-bond acceptors (Lipinski definition) is 3. The summed E-state index contributed by atoms with van der Waals surface area (Å²) in [5, 5.41) is 3.36. The first-order valence-electron chi connectivity index (χ1n) is 6.80. The average molecular weight is 233 g/mol. The molecule has 0 aromatic carbocycles. The molecule has 1 heterocycles. The van der Waals surface area contributed by atoms with E-state index in [1.54, 1.807) is 0 Å². The molecule has 1 aliphatic carbocycles. The van der Waals surface area contributed by atoms with Crippen LogP contribution >= 0.6 is 0 Å². The number of nitrogens with zero attached hydrogens (tertiary/aromatic N) is 2. The third-order valence-corrected chi connectivity index (χ3v) is 3.76. The predicted octanol–water partition coefficient (Wildman–Crippen LogP) is 3.48. The van der Waals surface area contributed by atoms with Crippen LogP contribution in [-0.4, -0.2) is 16.5 Å². The highest BCUT2D eigenvalue weighted by Gasteiger charge is 2.13. The Morgan fingerprint density at radius 1 is 1.24 bits per heavy atom. The van der Waals surface area contributed by atoms with Gasteiger partial charge in [-0.05, 0) is 32.6 Å². The number of aryl methyl sites for hydroxylation is 2. The molecule has 1 aromatic rings. The van der Waals surface area contributed by atoms with Crippen molar-refractivity contribution in [1.29, 1.82) is 0 Å². The van der Waals surface area contributed by atoms with Gasteiger partial charge in [-0.1, -0.05) is 25.7 Å². The van der Waals surface area contributed by atoms with E-state index in [0.29, 0.717) is 0 Å². The first kappa shape index (κ1) is 12.3. The number of aromatic nitrogens is 2. The Kier molecular flexibility index (Phi) is 4.35. The fourth-order valence-electron chi connectivity index (χ4n) is 2.53. The molecule has 2 rings (SSSR count). The molecule has 0 bridgehead atoms. The smallest absolute Gasteiger partial charge is 0.144 e. The molecule has 17 heavy (non-hydrogen) atoms. The molecule has 0 unspecified atom stereocenters. The third kappa shape index (κ3) is 3.69. The summed E-state index contributed by atoms with van der Waals surface area (Å²) in [6.45, 7) is 5.02. The van der Waals surface area contributed by atoms with Crippen LogP contribution in [0.4, 0.5) is 5.82 Å². The van der Waals surface area contributed by atoms with Crippen LogP contribution in [0.15, 0.2) is 6.20 Å². The van der Waals surface area contributed by atoms with Crippen LogP contribution in [0.25, 0.3) is 0 Å².